The third-order valence-electron chi connectivity index (χ3n) is 6.13. The van der Waals surface area contributed by atoms with Gasteiger partial charge >= 0.3 is 0 Å². The normalized spacial score (nSPS) is 22.7. The van der Waals surface area contributed by atoms with Crippen molar-refractivity contribution in [2.75, 3.05) is 22.1 Å². The largest absolute Gasteiger partial charge is 0.494 e. The Hall–Kier alpha value is -3.36. The van der Waals surface area contributed by atoms with E-state index >= 15 is 0 Å². The van der Waals surface area contributed by atoms with E-state index in [1.54, 1.807) is 24.3 Å². The van der Waals surface area contributed by atoms with E-state index < -0.39 is 17.4 Å². The molecular weight excluding hydrogens is 410 g/mol. The number of rotatable bonds is 5. The van der Waals surface area contributed by atoms with Gasteiger partial charge in [-0.15, -0.1) is 0 Å². The summed E-state index contributed by atoms with van der Waals surface area (Å²) in [6, 6.07) is 7.38. The Balaban J connectivity index is 1.62. The number of hydrogen-bond acceptors (Lipinski definition) is 6. The maximum atomic E-state index is 13.1. The quantitative estimate of drug-likeness (QED) is 0.659. The van der Waals surface area contributed by atoms with Crippen molar-refractivity contribution >= 4 is 29.3 Å². The topological polar surface area (TPSA) is 116 Å². The predicted octanol–water partition coefficient (Wildman–Crippen LogP) is 3.00. The van der Waals surface area contributed by atoms with Gasteiger partial charge in [-0.05, 0) is 64.3 Å². The summed E-state index contributed by atoms with van der Waals surface area (Å²) in [5.74, 6) is -0.398. The second-order valence-corrected chi connectivity index (χ2v) is 8.44. The molecule has 4 rings (SSSR count). The molecule has 9 heteroatoms. The monoisotopic (exact) mass is 439 g/mol. The van der Waals surface area contributed by atoms with Gasteiger partial charge in [-0.1, -0.05) is 0 Å². The maximum Gasteiger partial charge on any atom is 0.258 e. The van der Waals surface area contributed by atoms with Crippen LogP contribution in [0.15, 0.2) is 29.1 Å². The molecule has 9 nitrogen and oxygen atoms in total. The molecule has 2 aliphatic heterocycles. The number of ether oxygens (including phenoxy) is 1. The van der Waals surface area contributed by atoms with Gasteiger partial charge in [-0.3, -0.25) is 19.4 Å². The Labute approximate surface area is 186 Å². The van der Waals surface area contributed by atoms with Gasteiger partial charge in [0.2, 0.25) is 17.8 Å². The van der Waals surface area contributed by atoms with E-state index in [9.17, 15) is 14.4 Å². The molecular formula is C23H29N5O4. The first-order chi connectivity index (χ1) is 15.4. The first-order valence-corrected chi connectivity index (χ1v) is 11.1. The van der Waals surface area contributed by atoms with Crippen molar-refractivity contribution in [3.8, 4) is 5.75 Å². The van der Waals surface area contributed by atoms with Crippen LogP contribution in [0.5, 0.6) is 5.75 Å². The highest BCUT2D eigenvalue weighted by Crippen LogP contribution is 2.32. The van der Waals surface area contributed by atoms with Crippen molar-refractivity contribution in [1.82, 2.24) is 9.97 Å². The number of piperidine rings is 1. The van der Waals surface area contributed by atoms with Gasteiger partial charge in [-0.25, -0.2) is 0 Å². The molecule has 0 aliphatic carbocycles. The Morgan fingerprint density at radius 1 is 1.19 bits per heavy atom. The molecule has 32 heavy (non-hydrogen) atoms. The molecule has 0 saturated carbocycles. The Morgan fingerprint density at radius 3 is 2.53 bits per heavy atom. The fraction of sp³-hybridized carbons (Fsp3) is 0.478. The van der Waals surface area contributed by atoms with Gasteiger partial charge in [-0.2, -0.15) is 4.98 Å². The number of carbonyl (C=O) groups is 2. The van der Waals surface area contributed by atoms with E-state index in [-0.39, 0.29) is 35.8 Å². The number of H-pyrrole nitrogens is 1. The fourth-order valence-electron chi connectivity index (χ4n) is 4.57. The van der Waals surface area contributed by atoms with Crippen molar-refractivity contribution in [2.45, 2.75) is 64.5 Å². The number of amides is 2. The van der Waals surface area contributed by atoms with Crippen LogP contribution in [0.25, 0.3) is 0 Å². The van der Waals surface area contributed by atoms with E-state index in [0.717, 1.165) is 19.3 Å². The Kier molecular flexibility index (Phi) is 6.16. The van der Waals surface area contributed by atoms with E-state index in [1.807, 2.05) is 6.92 Å². The van der Waals surface area contributed by atoms with Crippen LogP contribution < -0.4 is 25.8 Å². The van der Waals surface area contributed by atoms with E-state index in [1.165, 1.54) is 0 Å². The molecule has 3 heterocycles. The number of carbonyl (C=O) groups excluding carboxylic acids is 2. The highest BCUT2D eigenvalue weighted by Gasteiger charge is 2.36. The predicted molar refractivity (Wildman–Crippen MR) is 122 cm³/mol. The van der Waals surface area contributed by atoms with Crippen molar-refractivity contribution in [1.29, 1.82) is 0 Å². The molecule has 2 aromatic rings. The van der Waals surface area contributed by atoms with Crippen molar-refractivity contribution in [3.63, 3.8) is 0 Å². The summed E-state index contributed by atoms with van der Waals surface area (Å²) in [5, 5.41) is 5.48. The molecule has 0 unspecified atom stereocenters. The van der Waals surface area contributed by atoms with Crippen LogP contribution in [0.4, 0.5) is 17.5 Å². The van der Waals surface area contributed by atoms with Gasteiger partial charge in [0.05, 0.1) is 18.1 Å². The van der Waals surface area contributed by atoms with Crippen molar-refractivity contribution in [2.24, 2.45) is 0 Å². The minimum absolute atomic E-state index is 0.115. The lowest BCUT2D eigenvalue weighted by atomic mass is 9.92. The first-order valence-electron chi connectivity index (χ1n) is 11.1. The number of hydrogen-bond donors (Lipinski definition) is 3. The van der Waals surface area contributed by atoms with Crippen LogP contribution in [0.1, 0.15) is 57.9 Å². The average Bonchev–Trinajstić information content (AvgIpc) is 2.74. The number of aromatic amines is 1. The van der Waals surface area contributed by atoms with Crippen LogP contribution >= 0.6 is 0 Å². The fourth-order valence-corrected chi connectivity index (χ4v) is 4.57. The molecule has 0 radical (unpaired) electrons. The molecule has 0 spiro atoms. The number of anilines is 3. The lowest BCUT2D eigenvalue weighted by molar-refractivity contribution is -0.123. The standard InChI is InChI=1S/C23H29N5O4/c1-4-32-16-10-8-15(9-11-16)24-21(30)17-12-18(29)25-20-19(17)22(31)27-23(26-20)28-13(2)6-5-7-14(28)3/h8-11,13-14,17H,4-7,12H2,1-3H3,(H,24,30)(H2,25,26,27,29,31)/t13-,14-,17-/m1/s1. The van der Waals surface area contributed by atoms with E-state index in [4.69, 9.17) is 4.74 Å². The Bertz CT molecular complexity index is 1060. The molecule has 1 aromatic heterocycles. The molecule has 3 N–H and O–H groups in total. The number of fused-ring (bicyclic) bond motifs is 1. The van der Waals surface area contributed by atoms with Crippen LogP contribution in [-0.2, 0) is 9.59 Å². The van der Waals surface area contributed by atoms with Gasteiger partial charge in [0, 0.05) is 24.2 Å². The second-order valence-electron chi connectivity index (χ2n) is 8.44. The molecule has 1 fully saturated rings. The number of aromatic nitrogens is 2. The van der Waals surface area contributed by atoms with E-state index in [2.05, 4.69) is 39.3 Å². The van der Waals surface area contributed by atoms with Crippen molar-refractivity contribution < 1.29 is 14.3 Å². The number of benzene rings is 1. The van der Waals surface area contributed by atoms with Gasteiger partial charge in [0.25, 0.3) is 5.56 Å². The zero-order valence-corrected chi connectivity index (χ0v) is 18.6. The summed E-state index contributed by atoms with van der Waals surface area (Å²) in [5.41, 5.74) is 0.346. The van der Waals surface area contributed by atoms with E-state index in [0.29, 0.717) is 24.0 Å². The summed E-state index contributed by atoms with van der Waals surface area (Å²) in [6.45, 7) is 6.64. The summed E-state index contributed by atoms with van der Waals surface area (Å²) in [6.07, 6.45) is 3.02. The average molecular weight is 440 g/mol. The maximum absolute atomic E-state index is 13.1. The van der Waals surface area contributed by atoms with Crippen LogP contribution in [0, 0.1) is 0 Å². The Morgan fingerprint density at radius 2 is 1.88 bits per heavy atom. The molecule has 2 amide bonds. The van der Waals surface area contributed by atoms with Crippen LogP contribution in [-0.4, -0.2) is 40.5 Å². The smallest absolute Gasteiger partial charge is 0.258 e. The van der Waals surface area contributed by atoms with Crippen LogP contribution in [0.2, 0.25) is 0 Å². The van der Waals surface area contributed by atoms with Crippen LogP contribution in [0.3, 0.4) is 0 Å². The highest BCUT2D eigenvalue weighted by molar-refractivity contribution is 6.04. The molecule has 2 aliphatic rings. The molecule has 1 aromatic carbocycles. The summed E-state index contributed by atoms with van der Waals surface area (Å²) < 4.78 is 5.41. The number of nitrogens with zero attached hydrogens (tertiary/aromatic N) is 2. The zero-order chi connectivity index (χ0) is 22.8. The van der Waals surface area contributed by atoms with Gasteiger partial charge in [0.1, 0.15) is 11.6 Å². The first kappa shape index (κ1) is 21.9. The lowest BCUT2D eigenvalue weighted by Gasteiger charge is -2.39. The molecule has 3 atom stereocenters. The molecule has 0 bridgehead atoms. The third-order valence-corrected chi connectivity index (χ3v) is 6.13. The highest BCUT2D eigenvalue weighted by atomic mass is 16.5. The lowest BCUT2D eigenvalue weighted by Crippen LogP contribution is -2.46. The SMILES string of the molecule is CCOc1ccc(NC(=O)[C@@H]2CC(=O)Nc3nc(N4[C@H](C)CCC[C@H]4C)[nH]c(=O)c32)cc1. The third kappa shape index (κ3) is 4.32. The minimum Gasteiger partial charge on any atom is -0.494 e. The van der Waals surface area contributed by atoms with Crippen molar-refractivity contribution in [3.05, 3.63) is 40.2 Å². The summed E-state index contributed by atoms with van der Waals surface area (Å²) in [7, 11) is 0. The molecule has 1 saturated heterocycles. The summed E-state index contributed by atoms with van der Waals surface area (Å²) >= 11 is 0. The second kappa shape index (κ2) is 9.02. The van der Waals surface area contributed by atoms with Gasteiger partial charge < -0.3 is 20.3 Å². The molecule has 170 valence electrons. The zero-order valence-electron chi connectivity index (χ0n) is 18.6. The number of nitrogens with one attached hydrogen (secondary N) is 3. The summed E-state index contributed by atoms with van der Waals surface area (Å²) in [4.78, 5) is 48.0. The van der Waals surface area contributed by atoms with Gasteiger partial charge in [0.15, 0.2) is 0 Å². The minimum atomic E-state index is -0.924.